The first-order valence-corrected chi connectivity index (χ1v) is 5.45. The number of anilines is 1. The number of halogens is 2. The lowest BCUT2D eigenvalue weighted by Crippen LogP contribution is -2.04. The molecule has 0 bridgehead atoms. The smallest absolute Gasteiger partial charge is 0.223 e. The Bertz CT molecular complexity index is 550. The van der Waals surface area contributed by atoms with E-state index in [-0.39, 0.29) is 21.6 Å². The molecule has 1 aromatic heterocycles. The van der Waals surface area contributed by atoms with Crippen molar-refractivity contribution in [3.05, 3.63) is 29.8 Å². The summed E-state index contributed by atoms with van der Waals surface area (Å²) in [7, 11) is 0. The van der Waals surface area contributed by atoms with Gasteiger partial charge in [0, 0.05) is 6.92 Å². The lowest BCUT2D eigenvalue weighted by Gasteiger charge is -1.98. The van der Waals surface area contributed by atoms with Gasteiger partial charge in [-0.3, -0.25) is 4.79 Å². The van der Waals surface area contributed by atoms with Crippen LogP contribution in [0.5, 0.6) is 0 Å². The van der Waals surface area contributed by atoms with Crippen LogP contribution in [0.1, 0.15) is 6.92 Å². The van der Waals surface area contributed by atoms with Gasteiger partial charge in [0.25, 0.3) is 0 Å². The SMILES string of the molecule is CC(=O)Nc1nnc(-c2c(F)cccc2F)s1. The molecular formula is C10H7F2N3OS. The van der Waals surface area contributed by atoms with Crippen molar-refractivity contribution in [3.63, 3.8) is 0 Å². The molecule has 0 radical (unpaired) electrons. The predicted octanol–water partition coefficient (Wildman–Crippen LogP) is 2.44. The van der Waals surface area contributed by atoms with Crippen molar-refractivity contribution in [2.75, 3.05) is 5.32 Å². The predicted molar refractivity (Wildman–Crippen MR) is 59.6 cm³/mol. The molecule has 2 aromatic rings. The van der Waals surface area contributed by atoms with Crippen LogP contribution in [0.4, 0.5) is 13.9 Å². The minimum absolute atomic E-state index is 0.0874. The molecule has 0 saturated carbocycles. The molecule has 0 atom stereocenters. The van der Waals surface area contributed by atoms with Gasteiger partial charge in [-0.2, -0.15) is 0 Å². The Morgan fingerprint density at radius 3 is 2.53 bits per heavy atom. The van der Waals surface area contributed by atoms with Crippen LogP contribution in [0.15, 0.2) is 18.2 Å². The third-order valence-electron chi connectivity index (χ3n) is 1.88. The van der Waals surface area contributed by atoms with Gasteiger partial charge in [-0.05, 0) is 12.1 Å². The summed E-state index contributed by atoms with van der Waals surface area (Å²) in [5.74, 6) is -1.74. The standard InChI is InChI=1S/C10H7F2N3OS/c1-5(16)13-10-15-14-9(17-10)8-6(11)3-2-4-7(8)12/h2-4H,1H3,(H,13,15,16). The summed E-state index contributed by atoms with van der Waals surface area (Å²) in [5.41, 5.74) is -0.235. The number of amides is 1. The Labute approximate surface area is 99.3 Å². The molecule has 0 spiro atoms. The number of nitrogens with zero attached hydrogens (tertiary/aromatic N) is 2. The first kappa shape index (κ1) is 11.6. The van der Waals surface area contributed by atoms with E-state index in [0.717, 1.165) is 23.5 Å². The van der Waals surface area contributed by atoms with Gasteiger partial charge >= 0.3 is 0 Å². The van der Waals surface area contributed by atoms with E-state index in [0.29, 0.717) is 0 Å². The highest BCUT2D eigenvalue weighted by Gasteiger charge is 2.16. The number of nitrogens with one attached hydrogen (secondary N) is 1. The van der Waals surface area contributed by atoms with E-state index in [9.17, 15) is 13.6 Å². The van der Waals surface area contributed by atoms with Crippen LogP contribution in [0.3, 0.4) is 0 Å². The van der Waals surface area contributed by atoms with Crippen LogP contribution in [0, 0.1) is 11.6 Å². The van der Waals surface area contributed by atoms with Crippen LogP contribution >= 0.6 is 11.3 Å². The van der Waals surface area contributed by atoms with Gasteiger partial charge < -0.3 is 5.32 Å². The molecule has 1 amide bonds. The van der Waals surface area contributed by atoms with Crippen LogP contribution in [-0.2, 0) is 4.79 Å². The van der Waals surface area contributed by atoms with Gasteiger partial charge in [-0.1, -0.05) is 17.4 Å². The molecule has 0 saturated heterocycles. The zero-order chi connectivity index (χ0) is 12.4. The second-order valence-corrected chi connectivity index (χ2v) is 4.17. The fourth-order valence-corrected chi connectivity index (χ4v) is 2.07. The average molecular weight is 255 g/mol. The fourth-order valence-electron chi connectivity index (χ4n) is 1.23. The topological polar surface area (TPSA) is 54.9 Å². The third-order valence-corrected chi connectivity index (χ3v) is 2.74. The minimum Gasteiger partial charge on any atom is -0.301 e. The minimum atomic E-state index is -0.712. The van der Waals surface area contributed by atoms with Crippen molar-refractivity contribution in [3.8, 4) is 10.6 Å². The molecule has 1 heterocycles. The van der Waals surface area contributed by atoms with Gasteiger partial charge in [0.1, 0.15) is 11.6 Å². The van der Waals surface area contributed by atoms with E-state index < -0.39 is 11.6 Å². The second-order valence-electron chi connectivity index (χ2n) is 3.19. The second kappa shape index (κ2) is 4.54. The van der Waals surface area contributed by atoms with E-state index in [1.54, 1.807) is 0 Å². The highest BCUT2D eigenvalue weighted by molar-refractivity contribution is 7.18. The van der Waals surface area contributed by atoms with E-state index in [2.05, 4.69) is 15.5 Å². The third kappa shape index (κ3) is 2.44. The Hall–Kier alpha value is -1.89. The largest absolute Gasteiger partial charge is 0.301 e. The highest BCUT2D eigenvalue weighted by atomic mass is 32.1. The summed E-state index contributed by atoms with van der Waals surface area (Å²) >= 11 is 0.908. The molecule has 88 valence electrons. The van der Waals surface area contributed by atoms with Crippen LogP contribution in [-0.4, -0.2) is 16.1 Å². The van der Waals surface area contributed by atoms with Crippen LogP contribution < -0.4 is 5.32 Å². The van der Waals surface area contributed by atoms with Crippen molar-refractivity contribution in [2.24, 2.45) is 0 Å². The summed E-state index contributed by atoms with van der Waals surface area (Å²) in [6.07, 6.45) is 0. The van der Waals surface area contributed by atoms with Crippen LogP contribution in [0.25, 0.3) is 10.6 Å². The van der Waals surface area contributed by atoms with Gasteiger partial charge in [0.2, 0.25) is 11.0 Å². The van der Waals surface area contributed by atoms with Gasteiger partial charge in [-0.25, -0.2) is 8.78 Å². The normalized spacial score (nSPS) is 10.3. The molecule has 0 aliphatic rings. The maximum atomic E-state index is 13.4. The van der Waals surface area contributed by atoms with Gasteiger partial charge in [0.15, 0.2) is 5.01 Å². The summed E-state index contributed by atoms with van der Waals surface area (Å²) in [5, 5.41) is 9.94. The van der Waals surface area contributed by atoms with E-state index in [4.69, 9.17) is 0 Å². The molecule has 0 unspecified atom stereocenters. The van der Waals surface area contributed by atoms with Crippen molar-refractivity contribution in [1.29, 1.82) is 0 Å². The zero-order valence-electron chi connectivity index (χ0n) is 8.70. The van der Waals surface area contributed by atoms with E-state index >= 15 is 0 Å². The molecule has 7 heteroatoms. The summed E-state index contributed by atoms with van der Waals surface area (Å²) in [6, 6.07) is 3.54. The Morgan fingerprint density at radius 2 is 1.94 bits per heavy atom. The molecule has 0 aliphatic carbocycles. The number of benzene rings is 1. The van der Waals surface area contributed by atoms with Crippen molar-refractivity contribution < 1.29 is 13.6 Å². The first-order valence-electron chi connectivity index (χ1n) is 4.63. The number of aromatic nitrogens is 2. The summed E-state index contributed by atoms with van der Waals surface area (Å²) in [4.78, 5) is 10.8. The van der Waals surface area contributed by atoms with Crippen molar-refractivity contribution in [1.82, 2.24) is 10.2 Å². The molecule has 1 aromatic carbocycles. The van der Waals surface area contributed by atoms with E-state index in [1.807, 2.05) is 0 Å². The molecule has 0 aliphatic heterocycles. The lowest BCUT2D eigenvalue weighted by molar-refractivity contribution is -0.114. The maximum absolute atomic E-state index is 13.4. The summed E-state index contributed by atoms with van der Waals surface area (Å²) < 4.78 is 26.8. The molecule has 2 rings (SSSR count). The Balaban J connectivity index is 2.40. The number of hydrogen-bond donors (Lipinski definition) is 1. The monoisotopic (exact) mass is 255 g/mol. The first-order chi connectivity index (χ1) is 8.08. The van der Waals surface area contributed by atoms with Gasteiger partial charge in [0.05, 0.1) is 5.56 Å². The lowest BCUT2D eigenvalue weighted by atomic mass is 10.2. The molecule has 4 nitrogen and oxygen atoms in total. The Morgan fingerprint density at radius 1 is 1.29 bits per heavy atom. The average Bonchev–Trinajstić information content (AvgIpc) is 2.65. The summed E-state index contributed by atoms with van der Waals surface area (Å²) in [6.45, 7) is 1.31. The Kier molecular flexibility index (Phi) is 3.10. The quantitative estimate of drug-likeness (QED) is 0.896. The van der Waals surface area contributed by atoms with E-state index in [1.165, 1.54) is 13.0 Å². The van der Waals surface area contributed by atoms with Crippen molar-refractivity contribution >= 4 is 22.4 Å². The fraction of sp³-hybridized carbons (Fsp3) is 0.100. The molecule has 1 N–H and O–H groups in total. The highest BCUT2D eigenvalue weighted by Crippen LogP contribution is 2.30. The number of carbonyl (C=O) groups is 1. The molecule has 17 heavy (non-hydrogen) atoms. The molecular weight excluding hydrogens is 248 g/mol. The van der Waals surface area contributed by atoms with Gasteiger partial charge in [-0.15, -0.1) is 10.2 Å². The number of carbonyl (C=O) groups excluding carboxylic acids is 1. The van der Waals surface area contributed by atoms with Crippen molar-refractivity contribution in [2.45, 2.75) is 6.92 Å². The molecule has 0 fully saturated rings. The number of rotatable bonds is 2. The maximum Gasteiger partial charge on any atom is 0.223 e. The number of hydrogen-bond acceptors (Lipinski definition) is 4. The van der Waals surface area contributed by atoms with Crippen LogP contribution in [0.2, 0.25) is 0 Å². The zero-order valence-corrected chi connectivity index (χ0v) is 9.52.